The zero-order valence-electron chi connectivity index (χ0n) is 7.70. The Kier molecular flexibility index (Phi) is 11.0. The van der Waals surface area contributed by atoms with Gasteiger partial charge < -0.3 is 38.9 Å². The first-order valence-corrected chi connectivity index (χ1v) is 5.39. The third-order valence-electron chi connectivity index (χ3n) is 0.768. The third-order valence-corrected chi connectivity index (χ3v) is 0.768. The van der Waals surface area contributed by atoms with Gasteiger partial charge in [-0.2, -0.15) is 0 Å². The molecular weight excluding hydrogens is 216 g/mol. The van der Waals surface area contributed by atoms with Gasteiger partial charge in [-0.25, -0.2) is 0 Å². The van der Waals surface area contributed by atoms with E-state index < -0.39 is 15.3 Å². The molecule has 0 bridgehead atoms. The van der Waals surface area contributed by atoms with Crippen LogP contribution in [0.3, 0.4) is 0 Å². The summed E-state index contributed by atoms with van der Waals surface area (Å²) in [6.07, 6.45) is -0.878. The van der Waals surface area contributed by atoms with E-state index in [2.05, 4.69) is 4.74 Å². The first kappa shape index (κ1) is 16.3. The lowest BCUT2D eigenvalue weighted by atomic mass is 10.7. The highest BCUT2D eigenvalue weighted by atomic mass is 28.4. The lowest BCUT2D eigenvalue weighted by Crippen LogP contribution is -2.33. The van der Waals surface area contributed by atoms with Crippen molar-refractivity contribution in [2.45, 2.75) is 6.29 Å². The maximum atomic E-state index is 8.66. The molecule has 0 rings (SSSR count). The normalized spacial score (nSPS) is 13.1. The van der Waals surface area contributed by atoms with E-state index in [0.29, 0.717) is 0 Å². The van der Waals surface area contributed by atoms with E-state index in [0.717, 1.165) is 0 Å². The Morgan fingerprint density at radius 1 is 1.21 bits per heavy atom. The lowest BCUT2D eigenvalue weighted by molar-refractivity contribution is -0.121. The van der Waals surface area contributed by atoms with Gasteiger partial charge >= 0.3 is 9.05 Å². The minimum Gasteiger partial charge on any atom is -0.394 e. The lowest BCUT2D eigenvalue weighted by Gasteiger charge is -2.06. The fourth-order valence-corrected chi connectivity index (χ4v) is 0.317. The Morgan fingerprint density at radius 3 is 1.93 bits per heavy atom. The zero-order valence-corrected chi connectivity index (χ0v) is 8.70. The number of hydrogen-bond acceptors (Lipinski definition) is 8. The molecule has 6 N–H and O–H groups in total. The predicted octanol–water partition coefficient (Wildman–Crippen LogP) is -3.65. The number of rotatable bonds is 5. The van der Waals surface area contributed by atoms with Crippen LogP contribution in [0.4, 0.5) is 0 Å². The van der Waals surface area contributed by atoms with E-state index in [1.54, 1.807) is 0 Å². The van der Waals surface area contributed by atoms with Gasteiger partial charge in [-0.1, -0.05) is 0 Å². The molecule has 0 aliphatic carbocycles. The molecule has 0 aromatic rings. The molecule has 0 aromatic heterocycles. The van der Waals surface area contributed by atoms with Crippen molar-refractivity contribution >= 4 is 9.05 Å². The molecule has 1 unspecified atom stereocenters. The summed E-state index contributed by atoms with van der Waals surface area (Å²) >= 11 is 0. The largest absolute Gasteiger partial charge is 0.668 e. The molecule has 0 radical (unpaired) electrons. The van der Waals surface area contributed by atoms with Crippen LogP contribution in [-0.4, -0.2) is 71.7 Å². The molecule has 0 aliphatic rings. The summed E-state index contributed by atoms with van der Waals surface area (Å²) in [5.41, 5.74) is 0. The summed E-state index contributed by atoms with van der Waals surface area (Å²) in [6, 6.07) is 0. The van der Waals surface area contributed by atoms with Crippen molar-refractivity contribution in [1.29, 1.82) is 0 Å². The van der Waals surface area contributed by atoms with Gasteiger partial charge in [0, 0.05) is 7.11 Å². The highest BCUT2D eigenvalue weighted by Gasteiger charge is 2.22. The monoisotopic (exact) mass is 232 g/mol. The topological polar surface area (TPSA) is 140 Å². The number of methoxy groups -OCH3 is 1. The quantitative estimate of drug-likeness (QED) is 0.162. The van der Waals surface area contributed by atoms with Gasteiger partial charge in [-0.3, -0.25) is 0 Å². The molecule has 88 valence electrons. The maximum absolute atomic E-state index is 8.66. The van der Waals surface area contributed by atoms with Gasteiger partial charge in [0.05, 0.1) is 19.8 Å². The average Bonchev–Trinajstić information content (AvgIpc) is 2.01. The van der Waals surface area contributed by atoms with Crippen LogP contribution < -0.4 is 0 Å². The number of aliphatic hydroxyl groups is 2. The first-order chi connectivity index (χ1) is 6.31. The van der Waals surface area contributed by atoms with Gasteiger partial charge in [-0.15, -0.1) is 0 Å². The third kappa shape index (κ3) is 29.7. The molecule has 0 heterocycles. The Morgan fingerprint density at radius 2 is 1.64 bits per heavy atom. The summed E-state index contributed by atoms with van der Waals surface area (Å²) in [7, 11) is -3.23. The molecule has 0 spiro atoms. The van der Waals surface area contributed by atoms with Crippen molar-refractivity contribution in [1.82, 2.24) is 0 Å². The molecular formula is C5H16O8Si. The van der Waals surface area contributed by atoms with Crippen molar-refractivity contribution in [2.24, 2.45) is 0 Å². The summed E-state index contributed by atoms with van der Waals surface area (Å²) < 4.78 is 9.16. The summed E-state index contributed by atoms with van der Waals surface area (Å²) in [6.45, 7) is 0.313. The van der Waals surface area contributed by atoms with Gasteiger partial charge in [-0.05, 0) is 0 Å². The summed E-state index contributed by atoms with van der Waals surface area (Å²) in [4.78, 5) is 29.3. The second-order valence-electron chi connectivity index (χ2n) is 2.09. The fourth-order valence-electron chi connectivity index (χ4n) is 0.317. The number of hydrogen-bond donors (Lipinski definition) is 6. The Labute approximate surface area is 82.1 Å². The summed E-state index contributed by atoms with van der Waals surface area (Å²) in [5, 5.41) is 16.9. The summed E-state index contributed by atoms with van der Waals surface area (Å²) in [5.74, 6) is 0. The van der Waals surface area contributed by atoms with E-state index in [9.17, 15) is 0 Å². The zero-order chi connectivity index (χ0) is 11.6. The minimum atomic E-state index is -4.61. The SMILES string of the molecule is COC(O)COCCO.O[Si](O)(O)O. The molecule has 1 atom stereocenters. The molecule has 14 heavy (non-hydrogen) atoms. The van der Waals surface area contributed by atoms with Crippen LogP contribution >= 0.6 is 0 Å². The second-order valence-corrected chi connectivity index (χ2v) is 3.29. The van der Waals surface area contributed by atoms with Crippen molar-refractivity contribution in [3.05, 3.63) is 0 Å². The minimum absolute atomic E-state index is 0.0313. The smallest absolute Gasteiger partial charge is 0.394 e. The van der Waals surface area contributed by atoms with Crippen molar-refractivity contribution in [3.63, 3.8) is 0 Å². The number of aliphatic hydroxyl groups excluding tert-OH is 2. The molecule has 0 fully saturated rings. The van der Waals surface area contributed by atoms with Gasteiger partial charge in [0.2, 0.25) is 0 Å². The van der Waals surface area contributed by atoms with E-state index >= 15 is 0 Å². The Balaban J connectivity index is 0. The molecule has 0 aliphatic heterocycles. The Bertz CT molecular complexity index is 109. The van der Waals surface area contributed by atoms with Gasteiger partial charge in [0.15, 0.2) is 6.29 Å². The van der Waals surface area contributed by atoms with Crippen molar-refractivity contribution in [3.8, 4) is 0 Å². The molecule has 0 saturated carbocycles. The second kappa shape index (κ2) is 9.45. The van der Waals surface area contributed by atoms with Crippen LogP contribution in [0, 0.1) is 0 Å². The maximum Gasteiger partial charge on any atom is 0.668 e. The molecule has 0 saturated heterocycles. The van der Waals surface area contributed by atoms with E-state index in [1.165, 1.54) is 7.11 Å². The highest BCUT2D eigenvalue weighted by molar-refractivity contribution is 6.46. The highest BCUT2D eigenvalue weighted by Crippen LogP contribution is 1.83. The predicted molar refractivity (Wildman–Crippen MR) is 45.5 cm³/mol. The molecule has 0 amide bonds. The van der Waals surface area contributed by atoms with Crippen LogP contribution in [-0.2, 0) is 9.47 Å². The van der Waals surface area contributed by atoms with E-state index in [1.807, 2.05) is 0 Å². The van der Waals surface area contributed by atoms with Crippen molar-refractivity contribution in [2.75, 3.05) is 26.9 Å². The fraction of sp³-hybridized carbons (Fsp3) is 1.00. The molecule has 8 nitrogen and oxygen atoms in total. The van der Waals surface area contributed by atoms with Crippen LogP contribution in [0.15, 0.2) is 0 Å². The van der Waals surface area contributed by atoms with E-state index in [4.69, 9.17) is 34.1 Å². The van der Waals surface area contributed by atoms with Crippen LogP contribution in [0.2, 0.25) is 0 Å². The first-order valence-electron chi connectivity index (χ1n) is 3.60. The van der Waals surface area contributed by atoms with Gasteiger partial charge in [0.25, 0.3) is 0 Å². The van der Waals surface area contributed by atoms with Crippen molar-refractivity contribution < 1.29 is 38.9 Å². The molecule has 9 heteroatoms. The average molecular weight is 232 g/mol. The van der Waals surface area contributed by atoms with Crippen LogP contribution in [0.5, 0.6) is 0 Å². The van der Waals surface area contributed by atoms with Gasteiger partial charge in [0.1, 0.15) is 0 Å². The van der Waals surface area contributed by atoms with E-state index in [-0.39, 0.29) is 19.8 Å². The van der Waals surface area contributed by atoms with Crippen LogP contribution in [0.25, 0.3) is 0 Å². The number of ether oxygens (including phenoxy) is 2. The van der Waals surface area contributed by atoms with Crippen LogP contribution in [0.1, 0.15) is 0 Å². The standard InChI is InChI=1S/C5H12O4.H4O4Si/c1-8-5(7)4-9-3-2-6;1-5(2,3)4/h5-7H,2-4H2,1H3;1-4H. The molecule has 0 aromatic carbocycles. The Hall–Kier alpha value is -0.103.